The van der Waals surface area contributed by atoms with Gasteiger partial charge in [-0.05, 0) is 98.5 Å². The molecule has 3 aliphatic rings. The molecule has 2 saturated heterocycles. The fourth-order valence-corrected chi connectivity index (χ4v) is 9.86. The quantitative estimate of drug-likeness (QED) is 0.0644. The number of unbranched alkanes of at least 4 members (excludes halogenated alkanes) is 7. The van der Waals surface area contributed by atoms with Gasteiger partial charge in [-0.15, -0.1) is 0 Å². The van der Waals surface area contributed by atoms with E-state index in [4.69, 9.17) is 19.9 Å². The third-order valence-corrected chi connectivity index (χ3v) is 13.9. The van der Waals surface area contributed by atoms with Gasteiger partial charge in [0.05, 0.1) is 6.04 Å². The molecule has 3 aromatic heterocycles. The van der Waals surface area contributed by atoms with Crippen LogP contribution >= 0.6 is 0 Å². The Kier molecular flexibility index (Phi) is 17.8. The maximum Gasteiger partial charge on any atom is 0.229 e. The van der Waals surface area contributed by atoms with Crippen molar-refractivity contribution in [1.29, 1.82) is 0 Å². The summed E-state index contributed by atoms with van der Waals surface area (Å²) >= 11 is 0. The molecule has 0 saturated carbocycles. The van der Waals surface area contributed by atoms with Crippen LogP contribution in [-0.2, 0) is 12.8 Å². The number of benzene rings is 2. The maximum atomic E-state index is 5.37. The van der Waals surface area contributed by atoms with Gasteiger partial charge >= 0.3 is 0 Å². The molecule has 0 amide bonds. The van der Waals surface area contributed by atoms with E-state index in [9.17, 15) is 0 Å². The predicted octanol–water partition coefficient (Wildman–Crippen LogP) is 9.74. The van der Waals surface area contributed by atoms with Gasteiger partial charge in [-0.1, -0.05) is 95.2 Å². The fourth-order valence-electron chi connectivity index (χ4n) is 9.86. The number of nitrogens with zero attached hydrogens (tertiary/aromatic N) is 12. The van der Waals surface area contributed by atoms with Crippen molar-refractivity contribution in [2.45, 2.75) is 96.7 Å². The van der Waals surface area contributed by atoms with E-state index in [0.717, 1.165) is 112 Å². The van der Waals surface area contributed by atoms with Crippen LogP contribution in [0.25, 0.3) is 0 Å². The minimum Gasteiger partial charge on any atom is -0.363 e. The minimum absolute atomic E-state index is 0.0231. The predicted molar refractivity (Wildman–Crippen MR) is 292 cm³/mol. The summed E-state index contributed by atoms with van der Waals surface area (Å²) in [7, 11) is 8.52. The smallest absolute Gasteiger partial charge is 0.229 e. The normalized spacial score (nSPS) is 17.4. The SMILES string of the molecule is CCCCCCCc1ccc(NC2=CC(N(C)CC3CN(c4ccccn4)CCN3c3nc(Nc4ccc(CCCCCC)cc4)cc(N(C)C)n3)N(C)C(N3CCN(c4ccccn4)CC3)=N2)cc1. The Labute approximate surface area is 418 Å². The Morgan fingerprint density at radius 2 is 1.19 bits per heavy atom. The molecule has 2 atom stereocenters. The average molecular weight is 947 g/mol. The van der Waals surface area contributed by atoms with E-state index in [-0.39, 0.29) is 12.2 Å². The van der Waals surface area contributed by atoms with Crippen molar-refractivity contribution >= 4 is 46.6 Å². The first kappa shape index (κ1) is 50.0. The average Bonchev–Trinajstić information content (AvgIpc) is 3.39. The van der Waals surface area contributed by atoms with Crippen LogP contribution in [0.2, 0.25) is 0 Å². The second kappa shape index (κ2) is 24.9. The first-order valence-electron chi connectivity index (χ1n) is 26.1. The van der Waals surface area contributed by atoms with E-state index in [1.54, 1.807) is 0 Å². The summed E-state index contributed by atoms with van der Waals surface area (Å²) in [4.78, 5) is 41.8. The molecule has 5 aromatic rings. The van der Waals surface area contributed by atoms with E-state index in [2.05, 4.69) is 157 Å². The van der Waals surface area contributed by atoms with E-state index < -0.39 is 0 Å². The number of likely N-dealkylation sites (N-methyl/N-ethyl adjacent to an activating group) is 2. The zero-order valence-corrected chi connectivity index (χ0v) is 42.8. The summed E-state index contributed by atoms with van der Waals surface area (Å²) in [5.74, 6) is 6.16. The molecule has 2 fully saturated rings. The number of piperazine rings is 2. The van der Waals surface area contributed by atoms with Gasteiger partial charge in [-0.3, -0.25) is 4.90 Å². The van der Waals surface area contributed by atoms with Crippen molar-refractivity contribution in [2.75, 3.05) is 111 Å². The number of nitrogens with one attached hydrogen (secondary N) is 2. The molecule has 0 bridgehead atoms. The van der Waals surface area contributed by atoms with Crippen molar-refractivity contribution < 1.29 is 0 Å². The second-order valence-corrected chi connectivity index (χ2v) is 19.5. The van der Waals surface area contributed by atoms with Crippen LogP contribution in [0.1, 0.15) is 82.8 Å². The lowest BCUT2D eigenvalue weighted by atomic mass is 10.1. The molecule has 70 heavy (non-hydrogen) atoms. The molecular formula is C56H78N14. The summed E-state index contributed by atoms with van der Waals surface area (Å²) in [6, 6.07) is 32.2. The van der Waals surface area contributed by atoms with Gasteiger partial charge in [-0.25, -0.2) is 9.97 Å². The van der Waals surface area contributed by atoms with Crippen LogP contribution in [0.4, 0.5) is 40.6 Å². The minimum atomic E-state index is -0.0980. The Morgan fingerprint density at radius 3 is 1.79 bits per heavy atom. The highest BCUT2D eigenvalue weighted by Crippen LogP contribution is 2.29. The molecule has 0 aliphatic carbocycles. The Hall–Kier alpha value is -6.41. The fraction of sp³-hybridized carbons (Fsp3) is 0.482. The third-order valence-electron chi connectivity index (χ3n) is 13.9. The van der Waals surface area contributed by atoms with Crippen molar-refractivity contribution in [3.05, 3.63) is 126 Å². The lowest BCUT2D eigenvalue weighted by Crippen LogP contribution is -2.62. The molecule has 0 radical (unpaired) electrons. The number of anilines is 7. The van der Waals surface area contributed by atoms with Crippen LogP contribution in [-0.4, -0.2) is 133 Å². The Morgan fingerprint density at radius 1 is 0.614 bits per heavy atom. The highest BCUT2D eigenvalue weighted by atomic mass is 15.5. The standard InChI is InChI=1S/C56H78N14/c1-7-9-11-13-15-21-45-26-30-47(31-27-45)60-50-41-54(66(6)56(62-50)68-36-34-67(35-37-68)51-22-16-18-32-57-51)65(5)42-48-43-69(52-23-17-19-33-58-52)38-39-70(48)55-61-49(40-53(63-55)64(3)4)59-46-28-24-44(25-29-46)20-14-12-10-8-2/h16-19,22-33,40-41,48,54,60H,7-15,20-21,34-39,42-43H2,1-6H3,(H,59,61,63). The molecule has 2 unspecified atom stereocenters. The highest BCUT2D eigenvalue weighted by Gasteiger charge is 2.36. The summed E-state index contributed by atoms with van der Waals surface area (Å²) in [5.41, 5.74) is 4.81. The van der Waals surface area contributed by atoms with Crippen molar-refractivity contribution in [2.24, 2.45) is 4.99 Å². The largest absolute Gasteiger partial charge is 0.363 e. The van der Waals surface area contributed by atoms with E-state index in [0.29, 0.717) is 5.95 Å². The van der Waals surface area contributed by atoms with Gasteiger partial charge in [0.25, 0.3) is 0 Å². The Bertz CT molecular complexity index is 2400. The monoisotopic (exact) mass is 947 g/mol. The van der Waals surface area contributed by atoms with Crippen molar-refractivity contribution in [3.63, 3.8) is 0 Å². The zero-order valence-electron chi connectivity index (χ0n) is 42.8. The van der Waals surface area contributed by atoms with Gasteiger partial charge in [0.1, 0.15) is 35.3 Å². The van der Waals surface area contributed by atoms with Crippen LogP contribution in [0.5, 0.6) is 0 Å². The topological polar surface area (TPSA) is 111 Å². The molecule has 372 valence electrons. The van der Waals surface area contributed by atoms with Gasteiger partial charge in [-0.2, -0.15) is 15.0 Å². The number of rotatable bonds is 22. The molecule has 14 heteroatoms. The molecule has 8 rings (SSSR count). The molecule has 3 aliphatic heterocycles. The Balaban J connectivity index is 1.05. The van der Waals surface area contributed by atoms with Crippen LogP contribution in [0, 0.1) is 0 Å². The molecule has 2 aromatic carbocycles. The lowest BCUT2D eigenvalue weighted by molar-refractivity contribution is 0.146. The first-order chi connectivity index (χ1) is 34.2. The van der Waals surface area contributed by atoms with Gasteiger partial charge in [0.2, 0.25) is 11.9 Å². The molecule has 6 heterocycles. The number of aromatic nitrogens is 4. The third kappa shape index (κ3) is 13.5. The maximum absolute atomic E-state index is 5.37. The van der Waals surface area contributed by atoms with Crippen molar-refractivity contribution in [3.8, 4) is 0 Å². The summed E-state index contributed by atoms with van der Waals surface area (Å²) in [5, 5.41) is 7.38. The van der Waals surface area contributed by atoms with Crippen LogP contribution < -0.4 is 30.2 Å². The number of aryl methyl sites for hydroxylation is 2. The summed E-state index contributed by atoms with van der Waals surface area (Å²) < 4.78 is 0. The van der Waals surface area contributed by atoms with Gasteiger partial charge < -0.3 is 40.0 Å². The van der Waals surface area contributed by atoms with E-state index >= 15 is 0 Å². The summed E-state index contributed by atoms with van der Waals surface area (Å²) in [6.07, 6.45) is 19.7. The van der Waals surface area contributed by atoms with Gasteiger partial charge in [0.15, 0.2) is 0 Å². The number of pyridine rings is 2. The highest BCUT2D eigenvalue weighted by molar-refractivity contribution is 5.83. The number of aliphatic imine (C=N–C) groups is 1. The lowest BCUT2D eigenvalue weighted by Gasteiger charge is -2.47. The molecule has 0 spiro atoms. The zero-order chi connectivity index (χ0) is 48.7. The van der Waals surface area contributed by atoms with Crippen LogP contribution in [0.3, 0.4) is 0 Å². The van der Waals surface area contributed by atoms with Crippen molar-refractivity contribution in [1.82, 2.24) is 34.6 Å². The van der Waals surface area contributed by atoms with Crippen LogP contribution in [0.15, 0.2) is 120 Å². The van der Waals surface area contributed by atoms with E-state index in [1.165, 1.54) is 68.9 Å². The van der Waals surface area contributed by atoms with E-state index in [1.807, 2.05) is 44.7 Å². The van der Waals surface area contributed by atoms with Gasteiger partial charge in [0, 0.05) is 103 Å². The second-order valence-electron chi connectivity index (χ2n) is 19.5. The molecule has 2 N–H and O–H groups in total. The molecular weight excluding hydrogens is 869 g/mol. The number of hydrogen-bond donors (Lipinski definition) is 2. The molecule has 14 nitrogen and oxygen atoms in total. The number of guanidine groups is 1. The number of hydrogen-bond acceptors (Lipinski definition) is 14. The first-order valence-corrected chi connectivity index (χ1v) is 26.1. The summed E-state index contributed by atoms with van der Waals surface area (Å²) in [6.45, 7) is 11.0.